The third kappa shape index (κ3) is 3.47. The normalized spacial score (nSPS) is 11.9. The van der Waals surface area contributed by atoms with E-state index in [9.17, 15) is 10.1 Å². The van der Waals surface area contributed by atoms with Gasteiger partial charge < -0.3 is 5.32 Å². The second-order valence-corrected chi connectivity index (χ2v) is 4.86. The Labute approximate surface area is 118 Å². The van der Waals surface area contributed by atoms with Gasteiger partial charge in [0, 0.05) is 4.47 Å². The Bertz CT molecular complexity index is 589. The van der Waals surface area contributed by atoms with Gasteiger partial charge in [0.25, 0.3) is 0 Å². The SMILES string of the molecule is CC(Nc1ncc([N+](=O)[O-])cn1)c1cccc(Br)c1. The minimum Gasteiger partial charge on any atom is -0.348 e. The van der Waals surface area contributed by atoms with Crippen LogP contribution in [0, 0.1) is 10.1 Å². The molecule has 1 aromatic carbocycles. The summed E-state index contributed by atoms with van der Waals surface area (Å²) in [5.74, 6) is 0.359. The van der Waals surface area contributed by atoms with E-state index in [0.29, 0.717) is 5.95 Å². The highest BCUT2D eigenvalue weighted by atomic mass is 79.9. The van der Waals surface area contributed by atoms with E-state index in [1.165, 1.54) is 12.4 Å². The predicted molar refractivity (Wildman–Crippen MR) is 74.9 cm³/mol. The Morgan fingerprint density at radius 1 is 1.37 bits per heavy atom. The van der Waals surface area contributed by atoms with Crippen LogP contribution in [0.15, 0.2) is 41.1 Å². The van der Waals surface area contributed by atoms with Gasteiger partial charge in [-0.25, -0.2) is 9.97 Å². The number of rotatable bonds is 4. The van der Waals surface area contributed by atoms with E-state index in [4.69, 9.17) is 0 Å². The standard InChI is InChI=1S/C12H11BrN4O2/c1-8(9-3-2-4-10(13)5-9)16-12-14-6-11(7-15-12)17(18)19/h2-8H,1H3,(H,14,15,16). The molecule has 0 aliphatic carbocycles. The first-order chi connectivity index (χ1) is 9.06. The number of halogens is 1. The van der Waals surface area contributed by atoms with Crippen LogP contribution in [0.3, 0.4) is 0 Å². The van der Waals surface area contributed by atoms with Crippen molar-refractivity contribution in [2.75, 3.05) is 5.32 Å². The summed E-state index contributed by atoms with van der Waals surface area (Å²) in [7, 11) is 0. The second-order valence-electron chi connectivity index (χ2n) is 3.94. The summed E-state index contributed by atoms with van der Waals surface area (Å²) < 4.78 is 0.989. The Hall–Kier alpha value is -2.02. The molecule has 0 amide bonds. The fourth-order valence-electron chi connectivity index (χ4n) is 1.54. The molecule has 2 rings (SSSR count). The molecule has 0 spiro atoms. The van der Waals surface area contributed by atoms with E-state index in [0.717, 1.165) is 10.0 Å². The maximum Gasteiger partial charge on any atom is 0.305 e. The van der Waals surface area contributed by atoms with Crippen LogP contribution in [0.2, 0.25) is 0 Å². The highest BCUT2D eigenvalue weighted by Gasteiger charge is 2.10. The largest absolute Gasteiger partial charge is 0.348 e. The van der Waals surface area contributed by atoms with Gasteiger partial charge in [0.05, 0.1) is 11.0 Å². The number of aromatic nitrogens is 2. The zero-order chi connectivity index (χ0) is 13.8. The van der Waals surface area contributed by atoms with Crippen molar-refractivity contribution in [3.05, 3.63) is 56.8 Å². The van der Waals surface area contributed by atoms with Crippen LogP contribution < -0.4 is 5.32 Å². The van der Waals surface area contributed by atoms with Gasteiger partial charge in [-0.2, -0.15) is 0 Å². The number of nitro groups is 1. The summed E-state index contributed by atoms with van der Waals surface area (Å²) in [6.07, 6.45) is 2.37. The van der Waals surface area contributed by atoms with Gasteiger partial charge in [0.15, 0.2) is 0 Å². The fraction of sp³-hybridized carbons (Fsp3) is 0.167. The second kappa shape index (κ2) is 5.75. The average molecular weight is 323 g/mol. The average Bonchev–Trinajstić information content (AvgIpc) is 2.39. The third-order valence-electron chi connectivity index (χ3n) is 2.54. The maximum atomic E-state index is 10.5. The third-order valence-corrected chi connectivity index (χ3v) is 3.04. The zero-order valence-corrected chi connectivity index (χ0v) is 11.7. The van der Waals surface area contributed by atoms with E-state index in [1.807, 2.05) is 31.2 Å². The molecule has 1 atom stereocenters. The van der Waals surface area contributed by atoms with Crippen molar-refractivity contribution < 1.29 is 4.92 Å². The first-order valence-corrected chi connectivity index (χ1v) is 6.34. The lowest BCUT2D eigenvalue weighted by Gasteiger charge is -2.14. The molecule has 0 bridgehead atoms. The molecule has 1 unspecified atom stereocenters. The number of nitrogens with zero attached hydrogens (tertiary/aromatic N) is 3. The molecule has 0 aliphatic rings. The monoisotopic (exact) mass is 322 g/mol. The van der Waals surface area contributed by atoms with Gasteiger partial charge in [-0.1, -0.05) is 28.1 Å². The molecule has 0 radical (unpaired) electrons. The summed E-state index contributed by atoms with van der Waals surface area (Å²) in [6.45, 7) is 1.96. The van der Waals surface area contributed by atoms with Crippen molar-refractivity contribution in [2.45, 2.75) is 13.0 Å². The molecule has 1 heterocycles. The Morgan fingerprint density at radius 2 is 2.05 bits per heavy atom. The number of benzene rings is 1. The lowest BCUT2D eigenvalue weighted by atomic mass is 10.1. The number of hydrogen-bond acceptors (Lipinski definition) is 5. The van der Waals surface area contributed by atoms with Gasteiger partial charge in [-0.05, 0) is 24.6 Å². The molecule has 98 valence electrons. The predicted octanol–water partition coefficient (Wildman–Crippen LogP) is 3.32. The van der Waals surface area contributed by atoms with Gasteiger partial charge >= 0.3 is 5.69 Å². The topological polar surface area (TPSA) is 81.0 Å². The molecule has 7 heteroatoms. The number of anilines is 1. The fourth-order valence-corrected chi connectivity index (χ4v) is 1.96. The first-order valence-electron chi connectivity index (χ1n) is 5.54. The van der Waals surface area contributed by atoms with E-state index in [-0.39, 0.29) is 11.7 Å². The van der Waals surface area contributed by atoms with Gasteiger partial charge in [-0.3, -0.25) is 10.1 Å². The highest BCUT2D eigenvalue weighted by Crippen LogP contribution is 2.20. The molecule has 0 aliphatic heterocycles. The van der Waals surface area contributed by atoms with Crippen LogP contribution in [0.25, 0.3) is 0 Å². The quantitative estimate of drug-likeness (QED) is 0.689. The molecule has 0 saturated heterocycles. The molecule has 19 heavy (non-hydrogen) atoms. The molecule has 0 saturated carbocycles. The summed E-state index contributed by atoms with van der Waals surface area (Å²) in [5.41, 5.74) is 0.942. The van der Waals surface area contributed by atoms with E-state index in [1.54, 1.807) is 0 Å². The molecular weight excluding hydrogens is 312 g/mol. The molecule has 1 N–H and O–H groups in total. The van der Waals surface area contributed by atoms with Crippen molar-refractivity contribution in [1.29, 1.82) is 0 Å². The summed E-state index contributed by atoms with van der Waals surface area (Å²) in [6, 6.07) is 7.85. The van der Waals surface area contributed by atoms with E-state index >= 15 is 0 Å². The Kier molecular flexibility index (Phi) is 4.06. The molecule has 1 aromatic heterocycles. The first kappa shape index (κ1) is 13.4. The van der Waals surface area contributed by atoms with E-state index in [2.05, 4.69) is 31.2 Å². The van der Waals surface area contributed by atoms with Crippen LogP contribution in [-0.2, 0) is 0 Å². The molecule has 0 fully saturated rings. The van der Waals surface area contributed by atoms with Gasteiger partial charge in [0.1, 0.15) is 12.4 Å². The van der Waals surface area contributed by atoms with Crippen molar-refractivity contribution in [2.24, 2.45) is 0 Å². The summed E-state index contributed by atoms with van der Waals surface area (Å²) >= 11 is 3.41. The minimum atomic E-state index is -0.526. The Balaban J connectivity index is 2.10. The summed E-state index contributed by atoms with van der Waals surface area (Å²) in [5, 5.41) is 13.6. The van der Waals surface area contributed by atoms with Gasteiger partial charge in [0.2, 0.25) is 5.95 Å². The molecular formula is C12H11BrN4O2. The van der Waals surface area contributed by atoms with Crippen LogP contribution in [0.1, 0.15) is 18.5 Å². The van der Waals surface area contributed by atoms with E-state index < -0.39 is 4.92 Å². The van der Waals surface area contributed by atoms with Crippen LogP contribution in [-0.4, -0.2) is 14.9 Å². The Morgan fingerprint density at radius 3 is 2.63 bits per heavy atom. The van der Waals surface area contributed by atoms with Crippen molar-refractivity contribution in [1.82, 2.24) is 9.97 Å². The van der Waals surface area contributed by atoms with Crippen LogP contribution in [0.5, 0.6) is 0 Å². The van der Waals surface area contributed by atoms with Crippen LogP contribution >= 0.6 is 15.9 Å². The lowest BCUT2D eigenvalue weighted by Crippen LogP contribution is -2.09. The smallest absolute Gasteiger partial charge is 0.305 e. The van der Waals surface area contributed by atoms with Crippen molar-refractivity contribution in [3.63, 3.8) is 0 Å². The van der Waals surface area contributed by atoms with Crippen LogP contribution in [0.4, 0.5) is 11.6 Å². The summed E-state index contributed by atoms with van der Waals surface area (Å²) in [4.78, 5) is 17.8. The minimum absolute atomic E-state index is 0.000967. The maximum absolute atomic E-state index is 10.5. The van der Waals surface area contributed by atoms with Crippen molar-refractivity contribution >= 4 is 27.6 Å². The molecule has 2 aromatic rings. The number of nitrogens with one attached hydrogen (secondary N) is 1. The number of hydrogen-bond donors (Lipinski definition) is 1. The van der Waals surface area contributed by atoms with Crippen molar-refractivity contribution in [3.8, 4) is 0 Å². The lowest BCUT2D eigenvalue weighted by molar-refractivity contribution is -0.385. The van der Waals surface area contributed by atoms with Gasteiger partial charge in [-0.15, -0.1) is 0 Å². The highest BCUT2D eigenvalue weighted by molar-refractivity contribution is 9.10. The molecule has 6 nitrogen and oxygen atoms in total. The zero-order valence-electron chi connectivity index (χ0n) is 10.1.